The highest BCUT2D eigenvalue weighted by Crippen LogP contribution is 2.33. The Balaban J connectivity index is 2.23. The van der Waals surface area contributed by atoms with Crippen LogP contribution in [0.2, 0.25) is 5.02 Å². The summed E-state index contributed by atoms with van der Waals surface area (Å²) in [5.41, 5.74) is 0.400. The average Bonchev–Trinajstić information content (AvgIpc) is 2.53. The van der Waals surface area contributed by atoms with Crippen molar-refractivity contribution in [2.24, 2.45) is 0 Å². The Kier molecular flexibility index (Phi) is 6.10. The number of sulfonamides is 1. The summed E-state index contributed by atoms with van der Waals surface area (Å²) in [5, 5.41) is -0.284. The van der Waals surface area contributed by atoms with E-state index in [1.54, 1.807) is 18.2 Å². The van der Waals surface area contributed by atoms with Crippen LogP contribution in [0.1, 0.15) is 16.7 Å². The van der Waals surface area contributed by atoms with Crippen LogP contribution in [0.3, 0.4) is 0 Å². The van der Waals surface area contributed by atoms with Gasteiger partial charge in [-0.2, -0.15) is 13.2 Å². The SMILES string of the molecule is COCc1cccc(CNS(=O)(=O)c2cc(C(F)(F)F)ccc2Cl)c1. The molecule has 0 saturated carbocycles. The molecule has 2 aromatic carbocycles. The van der Waals surface area contributed by atoms with E-state index in [0.29, 0.717) is 18.2 Å². The molecule has 9 heteroatoms. The van der Waals surface area contributed by atoms with Gasteiger partial charge in [0.15, 0.2) is 0 Å². The van der Waals surface area contributed by atoms with Gasteiger partial charge in [0.05, 0.1) is 17.2 Å². The van der Waals surface area contributed by atoms with Crippen molar-refractivity contribution >= 4 is 21.6 Å². The largest absolute Gasteiger partial charge is 0.416 e. The Hall–Kier alpha value is -1.61. The van der Waals surface area contributed by atoms with E-state index >= 15 is 0 Å². The summed E-state index contributed by atoms with van der Waals surface area (Å²) in [6.07, 6.45) is -4.66. The molecule has 0 fully saturated rings. The van der Waals surface area contributed by atoms with Crippen molar-refractivity contribution in [3.8, 4) is 0 Å². The zero-order valence-corrected chi connectivity index (χ0v) is 14.7. The molecular weight excluding hydrogens is 379 g/mol. The highest BCUT2D eigenvalue weighted by Gasteiger charge is 2.32. The maximum atomic E-state index is 12.8. The second-order valence-corrected chi connectivity index (χ2v) is 7.36. The van der Waals surface area contributed by atoms with Crippen LogP contribution in [-0.2, 0) is 34.1 Å². The lowest BCUT2D eigenvalue weighted by molar-refractivity contribution is -0.137. The van der Waals surface area contributed by atoms with Crippen molar-refractivity contribution in [2.45, 2.75) is 24.2 Å². The maximum absolute atomic E-state index is 12.8. The topological polar surface area (TPSA) is 55.4 Å². The Morgan fingerprint density at radius 2 is 1.80 bits per heavy atom. The summed E-state index contributed by atoms with van der Waals surface area (Å²) in [4.78, 5) is -0.614. The van der Waals surface area contributed by atoms with Gasteiger partial charge < -0.3 is 4.74 Å². The Bertz CT molecular complexity index is 854. The van der Waals surface area contributed by atoms with Crippen LogP contribution in [0, 0.1) is 0 Å². The second-order valence-electron chi connectivity index (χ2n) is 5.22. The number of benzene rings is 2. The molecule has 0 aliphatic heterocycles. The molecule has 25 heavy (non-hydrogen) atoms. The first kappa shape index (κ1) is 19.7. The molecule has 0 aromatic heterocycles. The van der Waals surface area contributed by atoms with Crippen LogP contribution in [0.4, 0.5) is 13.2 Å². The molecule has 0 aliphatic carbocycles. The fraction of sp³-hybridized carbons (Fsp3) is 0.250. The monoisotopic (exact) mass is 393 g/mol. The van der Waals surface area contributed by atoms with Crippen LogP contribution < -0.4 is 4.72 Å². The number of hydrogen-bond donors (Lipinski definition) is 1. The number of alkyl halides is 3. The minimum atomic E-state index is -4.66. The standard InChI is InChI=1S/C16H15ClF3NO3S/c1-24-10-12-4-2-3-11(7-12)9-21-25(22,23)15-8-13(16(18,19)20)5-6-14(15)17/h2-8,21H,9-10H2,1H3. The lowest BCUT2D eigenvalue weighted by Crippen LogP contribution is -2.24. The van der Waals surface area contributed by atoms with Crippen molar-refractivity contribution < 1.29 is 26.3 Å². The molecule has 2 rings (SSSR count). The van der Waals surface area contributed by atoms with E-state index < -0.39 is 26.7 Å². The molecule has 0 spiro atoms. The lowest BCUT2D eigenvalue weighted by Gasteiger charge is -2.12. The second kappa shape index (κ2) is 7.74. The van der Waals surface area contributed by atoms with Crippen molar-refractivity contribution in [1.29, 1.82) is 0 Å². The summed E-state index contributed by atoms with van der Waals surface area (Å²) >= 11 is 5.78. The molecule has 0 amide bonds. The van der Waals surface area contributed by atoms with Gasteiger partial charge in [-0.25, -0.2) is 13.1 Å². The van der Waals surface area contributed by atoms with Gasteiger partial charge in [-0.05, 0) is 29.3 Å². The van der Waals surface area contributed by atoms with Crippen LogP contribution >= 0.6 is 11.6 Å². The first-order valence-corrected chi connectivity index (χ1v) is 8.93. The Morgan fingerprint density at radius 3 is 2.44 bits per heavy atom. The Labute approximate surface area is 148 Å². The van der Waals surface area contributed by atoms with Gasteiger partial charge in [0.2, 0.25) is 10.0 Å². The van der Waals surface area contributed by atoms with Gasteiger partial charge in [-0.3, -0.25) is 0 Å². The number of nitrogens with one attached hydrogen (secondary N) is 1. The third kappa shape index (κ3) is 5.18. The van der Waals surface area contributed by atoms with E-state index in [1.165, 1.54) is 7.11 Å². The summed E-state index contributed by atoms with van der Waals surface area (Å²) in [6.45, 7) is 0.270. The van der Waals surface area contributed by atoms with Crippen LogP contribution in [0.25, 0.3) is 0 Å². The number of rotatable bonds is 6. The molecular formula is C16H15ClF3NO3S. The molecule has 4 nitrogen and oxygen atoms in total. The zero-order chi connectivity index (χ0) is 18.7. The van der Waals surface area contributed by atoms with Crippen LogP contribution in [-0.4, -0.2) is 15.5 Å². The van der Waals surface area contributed by atoms with Crippen LogP contribution in [0.5, 0.6) is 0 Å². The van der Waals surface area contributed by atoms with Gasteiger partial charge in [-0.1, -0.05) is 35.9 Å². The number of methoxy groups -OCH3 is 1. The predicted octanol–water partition coefficient (Wildman–Crippen LogP) is 3.98. The fourth-order valence-electron chi connectivity index (χ4n) is 2.14. The van der Waals surface area contributed by atoms with E-state index in [0.717, 1.165) is 17.7 Å². The highest BCUT2D eigenvalue weighted by atomic mass is 35.5. The predicted molar refractivity (Wildman–Crippen MR) is 87.6 cm³/mol. The molecule has 1 N–H and O–H groups in total. The third-order valence-corrected chi connectivity index (χ3v) is 5.20. The van der Waals surface area contributed by atoms with E-state index in [4.69, 9.17) is 16.3 Å². The molecule has 0 unspecified atom stereocenters. The molecule has 136 valence electrons. The molecule has 0 bridgehead atoms. The zero-order valence-electron chi connectivity index (χ0n) is 13.1. The van der Waals surface area contributed by atoms with E-state index in [2.05, 4.69) is 4.72 Å². The van der Waals surface area contributed by atoms with Gasteiger partial charge in [-0.15, -0.1) is 0 Å². The fourth-order valence-corrected chi connectivity index (χ4v) is 3.68. The van der Waals surface area contributed by atoms with Gasteiger partial charge in [0.25, 0.3) is 0 Å². The van der Waals surface area contributed by atoms with Crippen LogP contribution in [0.15, 0.2) is 47.4 Å². The van der Waals surface area contributed by atoms with E-state index in [9.17, 15) is 21.6 Å². The lowest BCUT2D eigenvalue weighted by atomic mass is 10.1. The quantitative estimate of drug-likeness (QED) is 0.807. The smallest absolute Gasteiger partial charge is 0.380 e. The van der Waals surface area contributed by atoms with Crippen molar-refractivity contribution in [3.63, 3.8) is 0 Å². The van der Waals surface area contributed by atoms with E-state index in [-0.39, 0.29) is 11.6 Å². The van der Waals surface area contributed by atoms with Gasteiger partial charge >= 0.3 is 6.18 Å². The normalized spacial score (nSPS) is 12.4. The van der Waals surface area contributed by atoms with Crippen molar-refractivity contribution in [1.82, 2.24) is 4.72 Å². The minimum absolute atomic E-state index is 0.0908. The molecule has 0 heterocycles. The molecule has 2 aromatic rings. The molecule has 0 saturated heterocycles. The number of hydrogen-bond acceptors (Lipinski definition) is 3. The van der Waals surface area contributed by atoms with Gasteiger partial charge in [0.1, 0.15) is 4.90 Å². The first-order chi connectivity index (χ1) is 11.6. The Morgan fingerprint density at radius 1 is 1.12 bits per heavy atom. The molecule has 0 aliphatic rings. The van der Waals surface area contributed by atoms with Crippen molar-refractivity contribution in [3.05, 3.63) is 64.2 Å². The minimum Gasteiger partial charge on any atom is -0.380 e. The number of halogens is 4. The van der Waals surface area contributed by atoms with Crippen molar-refractivity contribution in [2.75, 3.05) is 7.11 Å². The molecule has 0 atom stereocenters. The molecule has 0 radical (unpaired) electrons. The third-order valence-electron chi connectivity index (χ3n) is 3.32. The summed E-state index contributed by atoms with van der Waals surface area (Å²) in [7, 11) is -2.68. The summed E-state index contributed by atoms with van der Waals surface area (Å²) in [6, 6.07) is 9.13. The first-order valence-electron chi connectivity index (χ1n) is 7.06. The highest BCUT2D eigenvalue weighted by molar-refractivity contribution is 7.89. The average molecular weight is 394 g/mol. The summed E-state index contributed by atoms with van der Waals surface area (Å²) < 4.78 is 70.3. The maximum Gasteiger partial charge on any atom is 0.416 e. The number of ether oxygens (including phenoxy) is 1. The van der Waals surface area contributed by atoms with E-state index in [1.807, 2.05) is 6.07 Å². The summed E-state index contributed by atoms with van der Waals surface area (Å²) in [5.74, 6) is 0. The van der Waals surface area contributed by atoms with Gasteiger partial charge in [0, 0.05) is 13.7 Å².